The van der Waals surface area contributed by atoms with E-state index in [1.165, 1.54) is 10.9 Å². The molecule has 116 valence electrons. The number of nitrogens with zero attached hydrogens (tertiary/aromatic N) is 5. The van der Waals surface area contributed by atoms with Crippen molar-refractivity contribution < 1.29 is 14.7 Å². The summed E-state index contributed by atoms with van der Waals surface area (Å²) in [6, 6.07) is 5.13. The van der Waals surface area contributed by atoms with Crippen LogP contribution in [0, 0.1) is 0 Å². The fourth-order valence-electron chi connectivity index (χ4n) is 3.31. The molecule has 24 heavy (non-hydrogen) atoms. The molecule has 8 nitrogen and oxygen atoms in total. The van der Waals surface area contributed by atoms with Gasteiger partial charge in [-0.3, -0.25) is 9.78 Å². The molecule has 0 aliphatic carbocycles. The van der Waals surface area contributed by atoms with Crippen molar-refractivity contribution in [2.24, 2.45) is 0 Å². The molecule has 0 spiro atoms. The van der Waals surface area contributed by atoms with Crippen LogP contribution in [0.4, 0.5) is 10.6 Å². The fraction of sp³-hybridized carbons (Fsp3) is 0.0625. The number of aromatic nitrogens is 4. The molecule has 0 aromatic carbocycles. The van der Waals surface area contributed by atoms with Crippen LogP contribution in [0.25, 0.3) is 22.8 Å². The highest BCUT2D eigenvalue weighted by atomic mass is 16.4. The highest BCUT2D eigenvalue weighted by Crippen LogP contribution is 2.34. The van der Waals surface area contributed by atoms with Crippen molar-refractivity contribution in [3.63, 3.8) is 0 Å². The van der Waals surface area contributed by atoms with Gasteiger partial charge < -0.3 is 10.0 Å². The van der Waals surface area contributed by atoms with E-state index < -0.39 is 6.09 Å². The highest BCUT2D eigenvalue weighted by molar-refractivity contribution is 6.16. The minimum atomic E-state index is -1.09. The zero-order chi connectivity index (χ0) is 16.4. The summed E-state index contributed by atoms with van der Waals surface area (Å²) >= 11 is 0. The van der Waals surface area contributed by atoms with Crippen LogP contribution in [-0.2, 0) is 0 Å². The molecule has 5 heterocycles. The first-order chi connectivity index (χ1) is 11.6. The summed E-state index contributed by atoms with van der Waals surface area (Å²) < 4.78 is 1.17. The van der Waals surface area contributed by atoms with E-state index >= 15 is 0 Å². The molecular formula is C16H9N5O3. The molecular weight excluding hydrogens is 310 g/mol. The summed E-state index contributed by atoms with van der Waals surface area (Å²) in [6.45, 7) is 0. The average Bonchev–Trinajstić information content (AvgIpc) is 2.86. The third-order valence-corrected chi connectivity index (χ3v) is 4.30. The van der Waals surface area contributed by atoms with E-state index in [0.29, 0.717) is 38.8 Å². The molecule has 5 rings (SSSR count). The lowest BCUT2D eigenvalue weighted by atomic mass is 10.1. The number of anilines is 1. The first kappa shape index (κ1) is 12.9. The lowest BCUT2D eigenvalue weighted by Crippen LogP contribution is -2.41. The minimum Gasteiger partial charge on any atom is -0.464 e. The van der Waals surface area contributed by atoms with E-state index in [9.17, 15) is 14.7 Å². The normalized spacial score (nSPS) is 15.1. The zero-order valence-corrected chi connectivity index (χ0v) is 12.2. The van der Waals surface area contributed by atoms with Crippen LogP contribution in [0.5, 0.6) is 0 Å². The number of pyridine rings is 1. The standard InChI is InChI=1S/C16H9N5O3/c22-12-5-11-10-2-1-8(21(10)16(23)24)6-20(11)15-13-9(18-7-19-15)3-4-17-14(12)13/h1-4,6-7H,5H2,(H,23,24). The van der Waals surface area contributed by atoms with Gasteiger partial charge in [-0.25, -0.2) is 19.3 Å². The predicted octanol–water partition coefficient (Wildman–Crippen LogP) is 0.305. The summed E-state index contributed by atoms with van der Waals surface area (Å²) in [5.41, 5.74) is 1.51. The zero-order valence-electron chi connectivity index (χ0n) is 12.2. The van der Waals surface area contributed by atoms with Crippen molar-refractivity contribution in [2.75, 3.05) is 4.90 Å². The van der Waals surface area contributed by atoms with Gasteiger partial charge in [0.25, 0.3) is 0 Å². The Morgan fingerprint density at radius 1 is 1.17 bits per heavy atom. The van der Waals surface area contributed by atoms with E-state index in [2.05, 4.69) is 15.0 Å². The van der Waals surface area contributed by atoms with Crippen LogP contribution in [0.1, 0.15) is 16.9 Å². The van der Waals surface area contributed by atoms with Gasteiger partial charge in [0, 0.05) is 12.4 Å². The number of rotatable bonds is 0. The Balaban J connectivity index is 1.94. The van der Waals surface area contributed by atoms with Crippen molar-refractivity contribution in [3.05, 3.63) is 47.1 Å². The number of carbonyl (C=O) groups excluding carboxylic acids is 1. The monoisotopic (exact) mass is 319 g/mol. The molecule has 0 unspecified atom stereocenters. The topological polar surface area (TPSA) is 101 Å². The van der Waals surface area contributed by atoms with Gasteiger partial charge in [0.15, 0.2) is 11.6 Å². The second-order valence-corrected chi connectivity index (χ2v) is 5.56. The number of hydrogen-bond acceptors (Lipinski definition) is 6. The van der Waals surface area contributed by atoms with E-state index in [0.717, 1.165) is 0 Å². The molecule has 3 aromatic rings. The predicted molar refractivity (Wildman–Crippen MR) is 83.7 cm³/mol. The van der Waals surface area contributed by atoms with Crippen molar-refractivity contribution in [1.82, 2.24) is 19.5 Å². The number of hydrogen-bond donors (Lipinski definition) is 1. The van der Waals surface area contributed by atoms with Crippen molar-refractivity contribution in [2.45, 2.75) is 6.42 Å². The molecule has 3 aromatic heterocycles. The average molecular weight is 319 g/mol. The molecule has 0 radical (unpaired) electrons. The maximum atomic E-state index is 12.7. The maximum Gasteiger partial charge on any atom is 0.416 e. The maximum absolute atomic E-state index is 12.7. The van der Waals surface area contributed by atoms with Gasteiger partial charge in [0.05, 0.1) is 33.7 Å². The van der Waals surface area contributed by atoms with E-state index in [1.807, 2.05) is 0 Å². The third-order valence-electron chi connectivity index (χ3n) is 4.30. The molecule has 0 saturated heterocycles. The van der Waals surface area contributed by atoms with Gasteiger partial charge in [0.1, 0.15) is 12.0 Å². The molecule has 0 amide bonds. The summed E-state index contributed by atoms with van der Waals surface area (Å²) in [5.74, 6) is 0.344. The molecule has 0 fully saturated rings. The number of ketones is 1. The van der Waals surface area contributed by atoms with Crippen molar-refractivity contribution in [1.29, 1.82) is 0 Å². The Morgan fingerprint density at radius 3 is 2.88 bits per heavy atom. The first-order valence-electron chi connectivity index (χ1n) is 7.23. The van der Waals surface area contributed by atoms with Crippen LogP contribution in [0.3, 0.4) is 0 Å². The molecule has 1 N–H and O–H groups in total. The Labute approximate surface area is 134 Å². The number of Topliss-reactive ketones (excluding diaryl/α,β-unsaturated/α-hetero) is 1. The van der Waals surface area contributed by atoms with E-state index in [-0.39, 0.29) is 12.2 Å². The Hall–Kier alpha value is -3.55. The minimum absolute atomic E-state index is 0.0374. The van der Waals surface area contributed by atoms with Crippen LogP contribution in [0.15, 0.2) is 30.7 Å². The van der Waals surface area contributed by atoms with Gasteiger partial charge >= 0.3 is 6.09 Å². The Bertz CT molecular complexity index is 1190. The van der Waals surface area contributed by atoms with Crippen LogP contribution >= 0.6 is 0 Å². The highest BCUT2D eigenvalue weighted by Gasteiger charge is 2.30. The third kappa shape index (κ3) is 1.49. The number of carbonyl (C=O) groups is 2. The lowest BCUT2D eigenvalue weighted by molar-refractivity contribution is 0.0995. The Kier molecular flexibility index (Phi) is 2.29. The quantitative estimate of drug-likeness (QED) is 0.636. The second-order valence-electron chi connectivity index (χ2n) is 5.56. The van der Waals surface area contributed by atoms with Gasteiger partial charge in [-0.15, -0.1) is 0 Å². The molecule has 8 heteroatoms. The SMILES string of the molecule is O=C1CC2=c3ccc(n3C(=O)O)=CN2c2ncnc3ccnc1c23. The first-order valence-corrected chi connectivity index (χ1v) is 7.23. The molecule has 2 bridgehead atoms. The largest absolute Gasteiger partial charge is 0.464 e. The summed E-state index contributed by atoms with van der Waals surface area (Å²) in [4.78, 5) is 38.8. The van der Waals surface area contributed by atoms with E-state index in [4.69, 9.17) is 0 Å². The van der Waals surface area contributed by atoms with Crippen LogP contribution in [0.2, 0.25) is 0 Å². The van der Waals surface area contributed by atoms with Crippen molar-refractivity contribution >= 4 is 40.5 Å². The number of fused-ring (bicyclic) bond motifs is 4. The summed E-state index contributed by atoms with van der Waals surface area (Å²) in [5, 5.41) is 11.0. The van der Waals surface area contributed by atoms with Crippen LogP contribution in [-0.4, -0.2) is 36.5 Å². The van der Waals surface area contributed by atoms with E-state index in [1.54, 1.807) is 35.5 Å². The Morgan fingerprint density at radius 2 is 2.04 bits per heavy atom. The summed E-state index contributed by atoms with van der Waals surface area (Å²) in [7, 11) is 0. The molecule has 2 aliphatic heterocycles. The van der Waals surface area contributed by atoms with Crippen molar-refractivity contribution in [3.8, 4) is 0 Å². The van der Waals surface area contributed by atoms with Gasteiger partial charge in [0.2, 0.25) is 0 Å². The number of carboxylic acid groups (broad SMARTS) is 1. The molecule has 0 atom stereocenters. The smallest absolute Gasteiger partial charge is 0.416 e. The summed E-state index contributed by atoms with van der Waals surface area (Å²) in [6.07, 6.45) is 3.59. The fourth-order valence-corrected chi connectivity index (χ4v) is 3.31. The lowest BCUT2D eigenvalue weighted by Gasteiger charge is -2.23. The van der Waals surface area contributed by atoms with Gasteiger partial charge in [-0.1, -0.05) is 0 Å². The van der Waals surface area contributed by atoms with Gasteiger partial charge in [-0.05, 0) is 18.2 Å². The van der Waals surface area contributed by atoms with Gasteiger partial charge in [-0.2, -0.15) is 0 Å². The second kappa shape index (κ2) is 4.25. The molecule has 0 saturated carbocycles. The molecule has 2 aliphatic rings. The van der Waals surface area contributed by atoms with Crippen LogP contribution < -0.4 is 15.6 Å².